The van der Waals surface area contributed by atoms with Gasteiger partial charge in [0.2, 0.25) is 0 Å². The minimum absolute atomic E-state index is 0.0176. The summed E-state index contributed by atoms with van der Waals surface area (Å²) in [5, 5.41) is 40.3. The molecule has 194 valence electrons. The third-order valence-electron chi connectivity index (χ3n) is 8.03. The molecule has 4 aromatic carbocycles. The molecule has 0 spiro atoms. The molecular weight excluding hydrogens is 472 g/mol. The second-order valence-electron chi connectivity index (χ2n) is 10.8. The third-order valence-corrected chi connectivity index (χ3v) is 8.03. The van der Waals surface area contributed by atoms with E-state index in [9.17, 15) is 20.4 Å². The summed E-state index contributed by atoms with van der Waals surface area (Å²) in [5.74, 6) is 0.765. The maximum atomic E-state index is 10.8. The van der Waals surface area contributed by atoms with Crippen LogP contribution >= 0.6 is 0 Å². The Balaban J connectivity index is 1.56. The van der Waals surface area contributed by atoms with E-state index in [0.29, 0.717) is 6.42 Å². The first kappa shape index (κ1) is 25.6. The third kappa shape index (κ3) is 5.32. The van der Waals surface area contributed by atoms with Gasteiger partial charge in [0.05, 0.1) is 5.60 Å². The van der Waals surface area contributed by atoms with Crippen molar-refractivity contribution in [3.05, 3.63) is 137 Å². The van der Waals surface area contributed by atoms with Gasteiger partial charge in [-0.1, -0.05) is 79.2 Å². The molecule has 0 saturated heterocycles. The predicted octanol–water partition coefficient (Wildman–Crippen LogP) is 7.22. The summed E-state index contributed by atoms with van der Waals surface area (Å²) in [4.78, 5) is 0. The SMILES string of the molecule is CC1CC(C(c2ccc(O)cc2)c2ccc(C(c3ccc(O)cc3)c3ccc(O)cc3)cc2)=CCC1(C)O. The molecule has 0 fully saturated rings. The Kier molecular flexibility index (Phi) is 7.00. The molecule has 4 nitrogen and oxygen atoms in total. The standard InChI is InChI=1S/C34H34O4/c1-22-21-28(19-20-34(22,2)38)33(27-11-17-31(37)18-12-27)24-5-3-23(4-6-24)32(25-7-13-29(35)14-8-25)26-9-15-30(36)16-10-26/h3-19,22,32-33,35-38H,20-21H2,1-2H3. The zero-order valence-corrected chi connectivity index (χ0v) is 21.8. The van der Waals surface area contributed by atoms with Gasteiger partial charge in [0, 0.05) is 11.8 Å². The number of phenols is 3. The first-order valence-corrected chi connectivity index (χ1v) is 13.1. The molecule has 3 unspecified atom stereocenters. The van der Waals surface area contributed by atoms with Gasteiger partial charge in [0.1, 0.15) is 17.2 Å². The molecule has 0 heterocycles. The fourth-order valence-electron chi connectivity index (χ4n) is 5.51. The van der Waals surface area contributed by atoms with Crippen molar-refractivity contribution >= 4 is 0 Å². The van der Waals surface area contributed by atoms with E-state index in [1.165, 1.54) is 5.57 Å². The molecule has 4 heteroatoms. The topological polar surface area (TPSA) is 80.9 Å². The molecule has 1 aliphatic rings. The number of rotatable bonds is 6. The van der Waals surface area contributed by atoms with Gasteiger partial charge in [-0.15, -0.1) is 0 Å². The summed E-state index contributed by atoms with van der Waals surface area (Å²) in [6.07, 6.45) is 3.59. The number of phenolic OH excluding ortho intramolecular Hbond substituents is 3. The lowest BCUT2D eigenvalue weighted by Gasteiger charge is -2.37. The van der Waals surface area contributed by atoms with Crippen LogP contribution in [-0.2, 0) is 0 Å². The summed E-state index contributed by atoms with van der Waals surface area (Å²) in [6, 6.07) is 30.5. The molecule has 4 N–H and O–H groups in total. The van der Waals surface area contributed by atoms with Crippen molar-refractivity contribution in [2.24, 2.45) is 5.92 Å². The zero-order valence-electron chi connectivity index (χ0n) is 21.8. The van der Waals surface area contributed by atoms with Gasteiger partial charge in [-0.2, -0.15) is 0 Å². The Labute approximate surface area is 224 Å². The predicted molar refractivity (Wildman–Crippen MR) is 151 cm³/mol. The van der Waals surface area contributed by atoms with E-state index in [0.717, 1.165) is 34.2 Å². The maximum absolute atomic E-state index is 10.8. The average molecular weight is 507 g/mol. The van der Waals surface area contributed by atoms with Crippen molar-refractivity contribution in [2.45, 2.75) is 44.1 Å². The summed E-state index contributed by atoms with van der Waals surface area (Å²) < 4.78 is 0. The molecular formula is C34H34O4. The first-order chi connectivity index (χ1) is 18.2. The van der Waals surface area contributed by atoms with Crippen molar-refractivity contribution in [1.29, 1.82) is 0 Å². The lowest BCUT2D eigenvalue weighted by atomic mass is 9.72. The molecule has 0 bridgehead atoms. The van der Waals surface area contributed by atoms with Crippen LogP contribution < -0.4 is 0 Å². The highest BCUT2D eigenvalue weighted by Gasteiger charge is 2.34. The highest BCUT2D eigenvalue weighted by molar-refractivity contribution is 5.49. The van der Waals surface area contributed by atoms with Crippen LogP contribution in [0.15, 0.2) is 109 Å². The largest absolute Gasteiger partial charge is 0.508 e. The molecule has 0 radical (unpaired) electrons. The molecule has 5 rings (SSSR count). The maximum Gasteiger partial charge on any atom is 0.115 e. The minimum atomic E-state index is -0.714. The number of aromatic hydroxyl groups is 3. The zero-order chi connectivity index (χ0) is 26.9. The summed E-state index contributed by atoms with van der Waals surface area (Å²) >= 11 is 0. The van der Waals surface area contributed by atoms with Crippen LogP contribution in [0.25, 0.3) is 0 Å². The lowest BCUT2D eigenvalue weighted by Crippen LogP contribution is -2.35. The number of allylic oxidation sites excluding steroid dienone is 1. The number of aliphatic hydroxyl groups is 1. The number of hydrogen-bond acceptors (Lipinski definition) is 4. The monoisotopic (exact) mass is 506 g/mol. The summed E-state index contributed by atoms with van der Waals surface area (Å²) in [6.45, 7) is 4.01. The van der Waals surface area contributed by atoms with Gasteiger partial charge >= 0.3 is 0 Å². The van der Waals surface area contributed by atoms with Crippen molar-refractivity contribution in [3.8, 4) is 17.2 Å². The van der Waals surface area contributed by atoms with Crippen molar-refractivity contribution in [2.75, 3.05) is 0 Å². The van der Waals surface area contributed by atoms with E-state index in [1.807, 2.05) is 43.3 Å². The molecule has 0 amide bonds. The second-order valence-corrected chi connectivity index (χ2v) is 10.8. The van der Waals surface area contributed by atoms with Gasteiger partial charge in [-0.3, -0.25) is 0 Å². The normalized spacial score (nSPS) is 20.2. The number of hydrogen-bond donors (Lipinski definition) is 4. The lowest BCUT2D eigenvalue weighted by molar-refractivity contribution is 0.00313. The quantitative estimate of drug-likeness (QED) is 0.164. The van der Waals surface area contributed by atoms with Crippen LogP contribution in [0.4, 0.5) is 0 Å². The Morgan fingerprint density at radius 3 is 1.24 bits per heavy atom. The molecule has 38 heavy (non-hydrogen) atoms. The van der Waals surface area contributed by atoms with Crippen molar-refractivity contribution in [3.63, 3.8) is 0 Å². The highest BCUT2D eigenvalue weighted by atomic mass is 16.3. The molecule has 0 aliphatic heterocycles. The van der Waals surface area contributed by atoms with Crippen LogP contribution in [0.5, 0.6) is 17.2 Å². The van der Waals surface area contributed by atoms with Crippen molar-refractivity contribution in [1.82, 2.24) is 0 Å². The molecule has 0 saturated carbocycles. The van der Waals surface area contributed by atoms with E-state index < -0.39 is 5.60 Å². The fourth-order valence-corrected chi connectivity index (χ4v) is 5.51. The van der Waals surface area contributed by atoms with Crippen LogP contribution in [0.2, 0.25) is 0 Å². The Hall–Kier alpha value is -4.02. The molecule has 1 aliphatic carbocycles. The summed E-state index contributed by atoms with van der Waals surface area (Å²) in [5.41, 5.74) is 6.00. The average Bonchev–Trinajstić information content (AvgIpc) is 2.91. The van der Waals surface area contributed by atoms with Gasteiger partial charge in [0.25, 0.3) is 0 Å². The van der Waals surface area contributed by atoms with Gasteiger partial charge in [-0.25, -0.2) is 0 Å². The van der Waals surface area contributed by atoms with Crippen LogP contribution in [0.3, 0.4) is 0 Å². The highest BCUT2D eigenvalue weighted by Crippen LogP contribution is 2.43. The van der Waals surface area contributed by atoms with E-state index in [-0.39, 0.29) is 35.0 Å². The van der Waals surface area contributed by atoms with Gasteiger partial charge in [-0.05, 0) is 89.9 Å². The van der Waals surface area contributed by atoms with Crippen LogP contribution in [0, 0.1) is 5.92 Å². The van der Waals surface area contributed by atoms with E-state index in [1.54, 1.807) is 36.4 Å². The Morgan fingerprint density at radius 2 is 0.895 bits per heavy atom. The van der Waals surface area contributed by atoms with Gasteiger partial charge in [0.15, 0.2) is 0 Å². The Bertz CT molecular complexity index is 1350. The molecule has 4 aromatic rings. The molecule has 3 atom stereocenters. The van der Waals surface area contributed by atoms with E-state index in [2.05, 4.69) is 37.3 Å². The van der Waals surface area contributed by atoms with Crippen molar-refractivity contribution < 1.29 is 20.4 Å². The smallest absolute Gasteiger partial charge is 0.115 e. The fraction of sp³-hybridized carbons (Fsp3) is 0.235. The van der Waals surface area contributed by atoms with E-state index >= 15 is 0 Å². The second kappa shape index (κ2) is 10.4. The summed E-state index contributed by atoms with van der Waals surface area (Å²) in [7, 11) is 0. The minimum Gasteiger partial charge on any atom is -0.508 e. The molecule has 0 aromatic heterocycles. The first-order valence-electron chi connectivity index (χ1n) is 13.1. The van der Waals surface area contributed by atoms with E-state index in [4.69, 9.17) is 0 Å². The Morgan fingerprint density at radius 1 is 0.579 bits per heavy atom. The van der Waals surface area contributed by atoms with Crippen LogP contribution in [0.1, 0.15) is 66.3 Å². The van der Waals surface area contributed by atoms with Gasteiger partial charge < -0.3 is 20.4 Å². The number of benzene rings is 4. The van der Waals surface area contributed by atoms with Crippen LogP contribution in [-0.4, -0.2) is 26.0 Å².